The fraction of sp³-hybridized carbons (Fsp3) is 0.750. The molecule has 0 aromatic rings. The molecule has 0 spiro atoms. The van der Waals surface area contributed by atoms with Crippen LogP contribution in [0.15, 0.2) is 0 Å². The van der Waals surface area contributed by atoms with Crippen LogP contribution in [-0.4, -0.2) is 52.6 Å². The maximum absolute atomic E-state index is 11.5. The van der Waals surface area contributed by atoms with E-state index < -0.39 is 23.6 Å². The van der Waals surface area contributed by atoms with Crippen LogP contribution in [0.3, 0.4) is 0 Å². The van der Waals surface area contributed by atoms with E-state index in [9.17, 15) is 14.7 Å². The summed E-state index contributed by atoms with van der Waals surface area (Å²) < 4.78 is 11.2. The summed E-state index contributed by atoms with van der Waals surface area (Å²) in [7, 11) is 0. The molecule has 0 amide bonds. The van der Waals surface area contributed by atoms with E-state index in [1.807, 2.05) is 13.3 Å². The quantitative estimate of drug-likeness (QED) is 0.547. The molecule has 111 valence electrons. The van der Waals surface area contributed by atoms with Gasteiger partial charge in [0.05, 0.1) is 18.6 Å². The molecule has 5 atom stereocenters. The van der Waals surface area contributed by atoms with Gasteiger partial charge in [-0.15, -0.1) is 5.92 Å². The van der Waals surface area contributed by atoms with Crippen molar-refractivity contribution in [2.45, 2.75) is 43.6 Å². The maximum Gasteiger partial charge on any atom is 0.362 e. The average molecular weight is 362 g/mol. The van der Waals surface area contributed by atoms with Crippen molar-refractivity contribution in [1.82, 2.24) is 0 Å². The Hall–Kier alpha value is -0.0761. The summed E-state index contributed by atoms with van der Waals surface area (Å²) in [5.41, 5.74) is 1.97. The summed E-state index contributed by atoms with van der Waals surface area (Å²) >= 11 is 0. The van der Waals surface area contributed by atoms with Crippen LogP contribution in [0.2, 0.25) is 0 Å². The summed E-state index contributed by atoms with van der Waals surface area (Å²) in [6.45, 7) is 2.41. The van der Waals surface area contributed by atoms with Gasteiger partial charge in [-0.1, -0.05) is 13.5 Å². The minimum atomic E-state index is -1.51. The van der Waals surface area contributed by atoms with E-state index in [-0.39, 0.29) is 63.7 Å². The van der Waals surface area contributed by atoms with Gasteiger partial charge >= 0.3 is 11.9 Å². The Morgan fingerprint density at radius 3 is 2.65 bits per heavy atom. The first-order valence-electron chi connectivity index (χ1n) is 6.28. The number of carboxylic acid groups (broad SMARTS) is 2. The molecule has 2 aliphatic rings. The molecule has 1 radical (unpaired) electrons. The van der Waals surface area contributed by atoms with Gasteiger partial charge in [0.2, 0.25) is 0 Å². The molecule has 0 aromatic heterocycles. The van der Waals surface area contributed by atoms with Crippen LogP contribution in [-0.2, 0) is 51.8 Å². The Labute approximate surface area is 142 Å². The van der Waals surface area contributed by atoms with Crippen LogP contribution in [0.25, 0.3) is 0 Å². The Bertz CT molecular complexity index is 392. The van der Waals surface area contributed by atoms with Crippen LogP contribution in [0, 0.1) is 12.3 Å². The number of fused-ring (bicyclic) bond motifs is 1. The zero-order valence-corrected chi connectivity index (χ0v) is 14.2. The summed E-state index contributed by atoms with van der Waals surface area (Å²) in [4.78, 5) is 22.4. The molecule has 2 rings (SSSR count). The van der Waals surface area contributed by atoms with E-state index in [1.165, 1.54) is 0 Å². The standard InChI is InChI=1S/C12H18NO6.Y/c1-6-2-3-18-8-5-12(11(16)17,19-9(6)8)4-7(13)10(14)15;/h2,6-9H,3-5,13H2,1H3,(H,14,15)(H,16,17);/q-1;/p+1/t6?,7?,8?,9?,12-;/m0./s1. The van der Waals surface area contributed by atoms with Crippen molar-refractivity contribution in [3.05, 3.63) is 6.42 Å². The largest absolute Gasteiger partial charge is 0.479 e. The molecule has 2 heterocycles. The number of ether oxygens (including phenoxy) is 2. The molecule has 0 saturated carbocycles. The van der Waals surface area contributed by atoms with Crippen molar-refractivity contribution in [3.63, 3.8) is 0 Å². The molecule has 8 heteroatoms. The fourth-order valence-corrected chi connectivity index (χ4v) is 2.73. The SMILES string of the molecule is CC1[CH-]COC2C[C@@](CC([NH3+])C(=O)O)(C(=O)O)OC12.[Y]. The molecule has 2 aliphatic heterocycles. The Morgan fingerprint density at radius 2 is 2.15 bits per heavy atom. The van der Waals surface area contributed by atoms with Crippen molar-refractivity contribution in [2.75, 3.05) is 6.61 Å². The van der Waals surface area contributed by atoms with Crippen molar-refractivity contribution >= 4 is 11.9 Å². The predicted molar refractivity (Wildman–Crippen MR) is 62.0 cm³/mol. The van der Waals surface area contributed by atoms with Gasteiger partial charge < -0.3 is 25.4 Å². The van der Waals surface area contributed by atoms with Gasteiger partial charge in [-0.2, -0.15) is 0 Å². The minimum Gasteiger partial charge on any atom is -0.479 e. The first kappa shape index (κ1) is 18.0. The number of hydrogen-bond donors (Lipinski definition) is 3. The number of quaternary nitrogens is 1. The van der Waals surface area contributed by atoms with E-state index in [0.717, 1.165) is 0 Å². The van der Waals surface area contributed by atoms with E-state index in [1.54, 1.807) is 0 Å². The van der Waals surface area contributed by atoms with Crippen LogP contribution in [0.4, 0.5) is 0 Å². The zero-order valence-electron chi connectivity index (χ0n) is 11.3. The van der Waals surface area contributed by atoms with Gasteiger partial charge in [0.1, 0.15) is 0 Å². The number of carboxylic acids is 2. The second kappa shape index (κ2) is 6.79. The third kappa shape index (κ3) is 3.39. The number of aliphatic carboxylic acids is 2. The van der Waals surface area contributed by atoms with Gasteiger partial charge in [0.15, 0.2) is 11.6 Å². The third-order valence-electron chi connectivity index (χ3n) is 3.87. The van der Waals surface area contributed by atoms with Crippen molar-refractivity contribution in [2.24, 2.45) is 5.92 Å². The summed E-state index contributed by atoms with van der Waals surface area (Å²) in [5, 5.41) is 18.3. The van der Waals surface area contributed by atoms with Crippen LogP contribution in [0.1, 0.15) is 19.8 Å². The zero-order chi connectivity index (χ0) is 14.2. The normalized spacial score (nSPS) is 37.6. The van der Waals surface area contributed by atoms with E-state index in [2.05, 4.69) is 5.73 Å². The van der Waals surface area contributed by atoms with Crippen LogP contribution < -0.4 is 5.73 Å². The smallest absolute Gasteiger partial charge is 0.362 e. The molecular weight excluding hydrogens is 343 g/mol. The number of hydrogen-bond acceptors (Lipinski definition) is 4. The van der Waals surface area contributed by atoms with Crippen LogP contribution >= 0.6 is 0 Å². The second-order valence-electron chi connectivity index (χ2n) is 5.29. The molecule has 2 fully saturated rings. The maximum atomic E-state index is 11.5. The molecule has 0 aliphatic carbocycles. The average Bonchev–Trinajstić information content (AvgIpc) is 2.70. The van der Waals surface area contributed by atoms with Crippen molar-refractivity contribution in [3.8, 4) is 0 Å². The monoisotopic (exact) mass is 362 g/mol. The minimum absolute atomic E-state index is 0. The third-order valence-corrected chi connectivity index (χ3v) is 3.87. The van der Waals surface area contributed by atoms with E-state index >= 15 is 0 Å². The van der Waals surface area contributed by atoms with Crippen molar-refractivity contribution in [1.29, 1.82) is 0 Å². The Morgan fingerprint density at radius 1 is 1.50 bits per heavy atom. The van der Waals surface area contributed by atoms with Crippen molar-refractivity contribution < 1.29 is 67.7 Å². The molecule has 2 saturated heterocycles. The van der Waals surface area contributed by atoms with Gasteiger partial charge in [0.25, 0.3) is 0 Å². The van der Waals surface area contributed by atoms with E-state index in [0.29, 0.717) is 6.61 Å². The molecular formula is C12H19NO6Y. The van der Waals surface area contributed by atoms with Gasteiger partial charge in [-0.3, -0.25) is 6.42 Å². The van der Waals surface area contributed by atoms with E-state index in [4.69, 9.17) is 14.6 Å². The topological polar surface area (TPSA) is 121 Å². The van der Waals surface area contributed by atoms with Gasteiger partial charge in [-0.05, 0) is 0 Å². The molecule has 4 unspecified atom stereocenters. The summed E-state index contributed by atoms with van der Waals surface area (Å²) in [6.07, 6.45) is 1.33. The molecule has 5 N–H and O–H groups in total. The Kier molecular flexibility index (Phi) is 6.10. The number of rotatable bonds is 4. The fourth-order valence-electron chi connectivity index (χ4n) is 2.73. The summed E-state index contributed by atoms with van der Waals surface area (Å²) in [5.74, 6) is -2.18. The van der Waals surface area contributed by atoms with Gasteiger partial charge in [-0.25, -0.2) is 9.59 Å². The number of carbonyl (C=O) groups is 2. The molecule has 0 bridgehead atoms. The molecule has 0 aromatic carbocycles. The predicted octanol–water partition coefficient (Wildman–Crippen LogP) is -1.08. The molecule has 20 heavy (non-hydrogen) atoms. The van der Waals surface area contributed by atoms with Gasteiger partial charge in [0, 0.05) is 39.1 Å². The second-order valence-corrected chi connectivity index (χ2v) is 5.29. The van der Waals surface area contributed by atoms with Crippen LogP contribution in [0.5, 0.6) is 0 Å². The molecule has 7 nitrogen and oxygen atoms in total. The first-order chi connectivity index (χ1) is 8.85. The Balaban J connectivity index is 0.00000200. The first-order valence-corrected chi connectivity index (χ1v) is 6.28. The summed E-state index contributed by atoms with van der Waals surface area (Å²) in [6, 6.07) is -1.02.